The van der Waals surface area contributed by atoms with E-state index in [1.807, 2.05) is 25.1 Å². The summed E-state index contributed by atoms with van der Waals surface area (Å²) in [5, 5.41) is 9.39. The molecule has 0 spiro atoms. The van der Waals surface area contributed by atoms with Crippen LogP contribution in [0.3, 0.4) is 0 Å². The molecule has 0 heterocycles. The third-order valence-electron chi connectivity index (χ3n) is 2.96. The molecule has 2 rings (SSSR count). The molecule has 0 atom stereocenters. The van der Waals surface area contributed by atoms with Gasteiger partial charge in [0.1, 0.15) is 0 Å². The van der Waals surface area contributed by atoms with Gasteiger partial charge in [0.2, 0.25) is 9.84 Å². The van der Waals surface area contributed by atoms with Crippen molar-refractivity contribution in [3.05, 3.63) is 70.6 Å². The minimum absolute atomic E-state index is 0.00690. The normalized spacial score (nSPS) is 12.4. The van der Waals surface area contributed by atoms with Crippen molar-refractivity contribution in [2.45, 2.75) is 11.8 Å². The smallest absolute Gasteiger partial charge is 0.205 e. The Bertz CT molecular complexity index is 699. The Kier molecular flexibility index (Phi) is 4.37. The molecule has 1 N–H and O–H groups in total. The summed E-state index contributed by atoms with van der Waals surface area (Å²) in [6.07, 6.45) is 1.50. The zero-order chi connectivity index (χ0) is 14.6. The summed E-state index contributed by atoms with van der Waals surface area (Å²) in [5.41, 5.74) is 1.73. The Labute approximate surface area is 119 Å². The quantitative estimate of drug-likeness (QED) is 0.941. The van der Waals surface area contributed by atoms with Crippen molar-refractivity contribution in [1.82, 2.24) is 0 Å². The van der Waals surface area contributed by atoms with Gasteiger partial charge in [-0.05, 0) is 30.7 Å². The molecule has 104 valence electrons. The second-order valence-electron chi connectivity index (χ2n) is 4.50. The Hall–Kier alpha value is -1.91. The van der Waals surface area contributed by atoms with Gasteiger partial charge in [0.05, 0.1) is 16.4 Å². The average Bonchev–Trinajstić information content (AvgIpc) is 2.46. The van der Waals surface area contributed by atoms with Gasteiger partial charge in [-0.3, -0.25) is 0 Å². The maximum atomic E-state index is 12.5. The van der Waals surface area contributed by atoms with E-state index in [1.165, 1.54) is 6.08 Å². The van der Waals surface area contributed by atoms with E-state index in [4.69, 9.17) is 0 Å². The highest BCUT2D eigenvalue weighted by Crippen LogP contribution is 2.21. The summed E-state index contributed by atoms with van der Waals surface area (Å²) in [6, 6.07) is 15.7. The number of sulfone groups is 1. The van der Waals surface area contributed by atoms with Crippen molar-refractivity contribution in [2.24, 2.45) is 0 Å². The first-order valence-electron chi connectivity index (χ1n) is 6.22. The minimum atomic E-state index is -3.65. The van der Waals surface area contributed by atoms with E-state index in [9.17, 15) is 13.5 Å². The Morgan fingerprint density at radius 1 is 1.05 bits per heavy atom. The first kappa shape index (κ1) is 14.5. The molecule has 0 aliphatic heterocycles. The van der Waals surface area contributed by atoms with E-state index in [2.05, 4.69) is 0 Å². The average molecular weight is 288 g/mol. The summed E-state index contributed by atoms with van der Waals surface area (Å²) in [7, 11) is -3.65. The molecule has 0 saturated carbocycles. The summed E-state index contributed by atoms with van der Waals surface area (Å²) in [5.74, 6) is 0. The van der Waals surface area contributed by atoms with Crippen LogP contribution < -0.4 is 0 Å². The number of hydrogen-bond acceptors (Lipinski definition) is 3. The van der Waals surface area contributed by atoms with Crippen LogP contribution in [0, 0.1) is 6.92 Å². The zero-order valence-electron chi connectivity index (χ0n) is 11.2. The lowest BCUT2D eigenvalue weighted by Crippen LogP contribution is -2.08. The molecule has 2 aromatic rings. The highest BCUT2D eigenvalue weighted by Gasteiger charge is 2.19. The van der Waals surface area contributed by atoms with Crippen LogP contribution in [-0.2, 0) is 9.84 Å². The lowest BCUT2D eigenvalue weighted by Gasteiger charge is -2.07. The van der Waals surface area contributed by atoms with Crippen LogP contribution in [0.5, 0.6) is 0 Å². The van der Waals surface area contributed by atoms with E-state index < -0.39 is 16.4 Å². The van der Waals surface area contributed by atoms with Gasteiger partial charge in [-0.2, -0.15) is 0 Å². The van der Waals surface area contributed by atoms with Gasteiger partial charge in [-0.1, -0.05) is 48.0 Å². The lowest BCUT2D eigenvalue weighted by atomic mass is 10.2. The molecule has 0 bridgehead atoms. The highest BCUT2D eigenvalue weighted by atomic mass is 32.2. The van der Waals surface area contributed by atoms with Crippen LogP contribution in [0.1, 0.15) is 11.1 Å². The van der Waals surface area contributed by atoms with Gasteiger partial charge in [0, 0.05) is 0 Å². The molecule has 4 heteroatoms. The number of aryl methyl sites for hydroxylation is 1. The Balaban J connectivity index is 2.45. The third kappa shape index (κ3) is 3.15. The van der Waals surface area contributed by atoms with E-state index in [-0.39, 0.29) is 9.80 Å². The molecule has 0 saturated heterocycles. The number of hydrogen-bond donors (Lipinski definition) is 1. The maximum Gasteiger partial charge on any atom is 0.205 e. The number of aliphatic hydroxyl groups excluding tert-OH is 1. The monoisotopic (exact) mass is 288 g/mol. The lowest BCUT2D eigenvalue weighted by molar-refractivity contribution is 0.338. The fourth-order valence-corrected chi connectivity index (χ4v) is 3.07. The van der Waals surface area contributed by atoms with Crippen molar-refractivity contribution in [2.75, 3.05) is 6.61 Å². The first-order chi connectivity index (χ1) is 9.54. The van der Waals surface area contributed by atoms with Gasteiger partial charge in [0.15, 0.2) is 0 Å². The molecule has 0 amide bonds. The van der Waals surface area contributed by atoms with Crippen LogP contribution in [0.4, 0.5) is 0 Å². The maximum absolute atomic E-state index is 12.5. The fourth-order valence-electron chi connectivity index (χ4n) is 1.81. The summed E-state index contributed by atoms with van der Waals surface area (Å²) in [6.45, 7) is 1.37. The molecule has 3 nitrogen and oxygen atoms in total. The Morgan fingerprint density at radius 2 is 1.65 bits per heavy atom. The van der Waals surface area contributed by atoms with Gasteiger partial charge < -0.3 is 5.11 Å². The van der Waals surface area contributed by atoms with Crippen LogP contribution in [0.25, 0.3) is 6.08 Å². The molecule has 20 heavy (non-hydrogen) atoms. The summed E-state index contributed by atoms with van der Waals surface area (Å²) < 4.78 is 24.9. The highest BCUT2D eigenvalue weighted by molar-refractivity contribution is 7.95. The van der Waals surface area contributed by atoms with Crippen molar-refractivity contribution in [3.63, 3.8) is 0 Å². The van der Waals surface area contributed by atoms with E-state index in [0.717, 1.165) is 11.1 Å². The SMILES string of the molecule is Cc1ccc(S(=O)(=O)/C(=C/c2ccccc2)CO)cc1. The summed E-state index contributed by atoms with van der Waals surface area (Å²) in [4.78, 5) is 0.187. The van der Waals surface area contributed by atoms with Crippen LogP contribution in [-0.4, -0.2) is 20.1 Å². The van der Waals surface area contributed by atoms with Crippen LogP contribution in [0.2, 0.25) is 0 Å². The number of aliphatic hydroxyl groups is 1. The molecular formula is C16H16O3S. The molecule has 0 unspecified atom stereocenters. The largest absolute Gasteiger partial charge is 0.391 e. The van der Waals surface area contributed by atoms with Crippen molar-refractivity contribution >= 4 is 15.9 Å². The molecule has 0 aliphatic carbocycles. The molecule has 0 fully saturated rings. The van der Waals surface area contributed by atoms with Crippen molar-refractivity contribution in [1.29, 1.82) is 0 Å². The van der Waals surface area contributed by atoms with E-state index >= 15 is 0 Å². The van der Waals surface area contributed by atoms with Gasteiger partial charge in [0.25, 0.3) is 0 Å². The topological polar surface area (TPSA) is 54.4 Å². The molecule has 0 radical (unpaired) electrons. The Morgan fingerprint density at radius 3 is 2.20 bits per heavy atom. The van der Waals surface area contributed by atoms with Crippen LogP contribution >= 0.6 is 0 Å². The first-order valence-corrected chi connectivity index (χ1v) is 7.70. The molecule has 0 aliphatic rings. The molecular weight excluding hydrogens is 272 g/mol. The summed E-state index contributed by atoms with van der Waals surface area (Å²) >= 11 is 0. The van der Waals surface area contributed by atoms with Crippen molar-refractivity contribution in [3.8, 4) is 0 Å². The molecule has 0 aromatic heterocycles. The third-order valence-corrected chi connectivity index (χ3v) is 4.79. The standard InChI is InChI=1S/C16H16O3S/c1-13-7-9-15(10-8-13)20(18,19)16(12-17)11-14-5-3-2-4-6-14/h2-11,17H,12H2,1H3/b16-11+. The van der Waals surface area contributed by atoms with Gasteiger partial charge in [-0.15, -0.1) is 0 Å². The number of benzene rings is 2. The molecule has 2 aromatic carbocycles. The second-order valence-corrected chi connectivity index (χ2v) is 6.50. The van der Waals surface area contributed by atoms with Gasteiger partial charge in [-0.25, -0.2) is 8.42 Å². The van der Waals surface area contributed by atoms with E-state index in [1.54, 1.807) is 36.4 Å². The van der Waals surface area contributed by atoms with E-state index in [0.29, 0.717) is 0 Å². The minimum Gasteiger partial charge on any atom is -0.391 e. The van der Waals surface area contributed by atoms with Gasteiger partial charge >= 0.3 is 0 Å². The predicted octanol–water partition coefficient (Wildman–Crippen LogP) is 2.80. The zero-order valence-corrected chi connectivity index (χ0v) is 12.0. The fraction of sp³-hybridized carbons (Fsp3) is 0.125. The number of rotatable bonds is 4. The van der Waals surface area contributed by atoms with Crippen LogP contribution in [0.15, 0.2) is 64.4 Å². The predicted molar refractivity (Wildman–Crippen MR) is 79.9 cm³/mol. The second kappa shape index (κ2) is 6.03. The van der Waals surface area contributed by atoms with Crippen molar-refractivity contribution < 1.29 is 13.5 Å².